The van der Waals surface area contributed by atoms with Gasteiger partial charge in [-0.1, -0.05) is 26.0 Å². The molecular weight excluding hydrogens is 120 g/mol. The van der Waals surface area contributed by atoms with E-state index in [1.807, 2.05) is 0 Å². The molecular formula is C10H18. The highest BCUT2D eigenvalue weighted by Gasteiger charge is 2.29. The Hall–Kier alpha value is -0.260. The molecule has 3 atom stereocenters. The van der Waals surface area contributed by atoms with Crippen LogP contribution in [0.1, 0.15) is 33.6 Å². The average Bonchev–Trinajstić information content (AvgIpc) is 2.14. The molecule has 58 valence electrons. The Labute approximate surface area is 64.3 Å². The van der Waals surface area contributed by atoms with Gasteiger partial charge in [-0.15, -0.1) is 0 Å². The highest BCUT2D eigenvalue weighted by atomic mass is 14.3. The molecule has 1 rings (SSSR count). The van der Waals surface area contributed by atoms with E-state index in [2.05, 4.69) is 27.4 Å². The van der Waals surface area contributed by atoms with Gasteiger partial charge in [0, 0.05) is 0 Å². The van der Waals surface area contributed by atoms with Gasteiger partial charge in [-0.2, -0.15) is 0 Å². The molecule has 1 aliphatic rings. The van der Waals surface area contributed by atoms with Crippen molar-refractivity contribution in [3.63, 3.8) is 0 Å². The number of hydrogen-bond acceptors (Lipinski definition) is 0. The van der Waals surface area contributed by atoms with E-state index in [1.165, 1.54) is 18.4 Å². The Kier molecular flexibility index (Phi) is 2.18. The van der Waals surface area contributed by atoms with Crippen molar-refractivity contribution in [2.45, 2.75) is 33.6 Å². The fraction of sp³-hybridized carbons (Fsp3) is 0.800. The Morgan fingerprint density at radius 2 is 1.90 bits per heavy atom. The third-order valence-corrected chi connectivity index (χ3v) is 3.10. The van der Waals surface area contributed by atoms with Crippen LogP contribution in [0.15, 0.2) is 12.2 Å². The van der Waals surface area contributed by atoms with Crippen molar-refractivity contribution in [2.75, 3.05) is 0 Å². The molecule has 0 aromatic heterocycles. The quantitative estimate of drug-likeness (QED) is 0.488. The van der Waals surface area contributed by atoms with Gasteiger partial charge < -0.3 is 0 Å². The minimum atomic E-state index is 0.815. The minimum absolute atomic E-state index is 0.815. The predicted octanol–water partition coefficient (Wildman–Crippen LogP) is 3.24. The molecule has 0 aromatic carbocycles. The van der Waals surface area contributed by atoms with Crippen LogP contribution in [0.2, 0.25) is 0 Å². The Morgan fingerprint density at radius 1 is 1.30 bits per heavy atom. The van der Waals surface area contributed by atoms with E-state index in [-0.39, 0.29) is 0 Å². The predicted molar refractivity (Wildman–Crippen MR) is 45.9 cm³/mol. The lowest BCUT2D eigenvalue weighted by molar-refractivity contribution is 0.395. The first kappa shape index (κ1) is 7.84. The zero-order valence-corrected chi connectivity index (χ0v) is 7.35. The molecule has 1 aliphatic carbocycles. The molecule has 1 fully saturated rings. The minimum Gasteiger partial charge on any atom is -0.0999 e. The van der Waals surface area contributed by atoms with Crippen molar-refractivity contribution in [1.82, 2.24) is 0 Å². The molecule has 0 heteroatoms. The standard InChI is InChI=1S/C10H18/c1-7(2)10-6-5-8(3)9(10)4/h8-10H,1,5-6H2,2-4H3/t8?,9-,10-/m1/s1. The molecule has 0 N–H and O–H groups in total. The Bertz CT molecular complexity index is 135. The lowest BCUT2D eigenvalue weighted by Gasteiger charge is -2.17. The molecule has 0 amide bonds. The molecule has 10 heavy (non-hydrogen) atoms. The smallest absolute Gasteiger partial charge is 0.0180 e. The van der Waals surface area contributed by atoms with Crippen LogP contribution in [0.4, 0.5) is 0 Å². The van der Waals surface area contributed by atoms with Gasteiger partial charge >= 0.3 is 0 Å². The third kappa shape index (κ3) is 1.25. The van der Waals surface area contributed by atoms with Crippen LogP contribution in [0.5, 0.6) is 0 Å². The van der Waals surface area contributed by atoms with Crippen LogP contribution in [0.25, 0.3) is 0 Å². The second-order valence-corrected chi connectivity index (χ2v) is 3.87. The third-order valence-electron chi connectivity index (χ3n) is 3.10. The van der Waals surface area contributed by atoms with Crippen LogP contribution in [-0.4, -0.2) is 0 Å². The summed E-state index contributed by atoms with van der Waals surface area (Å²) in [5.74, 6) is 2.61. The topological polar surface area (TPSA) is 0 Å². The number of rotatable bonds is 1. The van der Waals surface area contributed by atoms with Crippen LogP contribution >= 0.6 is 0 Å². The van der Waals surface area contributed by atoms with E-state index in [1.54, 1.807) is 0 Å². The van der Waals surface area contributed by atoms with Gasteiger partial charge in [0.15, 0.2) is 0 Å². The molecule has 0 nitrogen and oxygen atoms in total. The van der Waals surface area contributed by atoms with E-state index in [0.29, 0.717) is 0 Å². The molecule has 1 unspecified atom stereocenters. The van der Waals surface area contributed by atoms with E-state index in [4.69, 9.17) is 0 Å². The Morgan fingerprint density at radius 3 is 2.10 bits per heavy atom. The van der Waals surface area contributed by atoms with Gasteiger partial charge in [-0.25, -0.2) is 0 Å². The fourth-order valence-electron chi connectivity index (χ4n) is 2.06. The van der Waals surface area contributed by atoms with Crippen molar-refractivity contribution in [3.05, 3.63) is 12.2 Å². The molecule has 0 bridgehead atoms. The maximum absolute atomic E-state index is 4.02. The fourth-order valence-corrected chi connectivity index (χ4v) is 2.06. The highest BCUT2D eigenvalue weighted by molar-refractivity contribution is 5.02. The molecule has 0 heterocycles. The van der Waals surface area contributed by atoms with Crippen molar-refractivity contribution in [1.29, 1.82) is 0 Å². The first-order chi connectivity index (χ1) is 4.63. The van der Waals surface area contributed by atoms with E-state index < -0.39 is 0 Å². The van der Waals surface area contributed by atoms with Crippen molar-refractivity contribution < 1.29 is 0 Å². The van der Waals surface area contributed by atoms with E-state index in [0.717, 1.165) is 17.8 Å². The first-order valence-corrected chi connectivity index (χ1v) is 4.28. The monoisotopic (exact) mass is 138 g/mol. The maximum atomic E-state index is 4.02. The van der Waals surface area contributed by atoms with Crippen molar-refractivity contribution in [2.24, 2.45) is 17.8 Å². The average molecular weight is 138 g/mol. The molecule has 0 aromatic rings. The summed E-state index contributed by atoms with van der Waals surface area (Å²) in [5.41, 5.74) is 1.39. The summed E-state index contributed by atoms with van der Waals surface area (Å²) in [6.07, 6.45) is 2.77. The lowest BCUT2D eigenvalue weighted by atomic mass is 9.88. The van der Waals surface area contributed by atoms with Gasteiger partial charge in [0.05, 0.1) is 0 Å². The Balaban J connectivity index is 2.57. The maximum Gasteiger partial charge on any atom is -0.0180 e. The van der Waals surface area contributed by atoms with Gasteiger partial charge in [0.25, 0.3) is 0 Å². The van der Waals surface area contributed by atoms with Crippen LogP contribution in [0, 0.1) is 17.8 Å². The summed E-state index contributed by atoms with van der Waals surface area (Å²) in [6, 6.07) is 0. The van der Waals surface area contributed by atoms with Gasteiger partial charge in [-0.05, 0) is 37.5 Å². The second kappa shape index (κ2) is 2.77. The first-order valence-electron chi connectivity index (χ1n) is 4.28. The van der Waals surface area contributed by atoms with Crippen molar-refractivity contribution >= 4 is 0 Å². The van der Waals surface area contributed by atoms with E-state index >= 15 is 0 Å². The lowest BCUT2D eigenvalue weighted by Crippen LogP contribution is -2.08. The van der Waals surface area contributed by atoms with Gasteiger partial charge in [0.1, 0.15) is 0 Å². The number of allylic oxidation sites excluding steroid dienone is 1. The summed E-state index contributed by atoms with van der Waals surface area (Å²) in [4.78, 5) is 0. The summed E-state index contributed by atoms with van der Waals surface area (Å²) in [7, 11) is 0. The van der Waals surface area contributed by atoms with Gasteiger partial charge in [-0.3, -0.25) is 0 Å². The van der Waals surface area contributed by atoms with Crippen LogP contribution < -0.4 is 0 Å². The molecule has 0 aliphatic heterocycles. The van der Waals surface area contributed by atoms with Gasteiger partial charge in [0.2, 0.25) is 0 Å². The van der Waals surface area contributed by atoms with Crippen LogP contribution in [0.3, 0.4) is 0 Å². The zero-order valence-electron chi connectivity index (χ0n) is 7.35. The molecule has 0 radical (unpaired) electrons. The zero-order chi connectivity index (χ0) is 7.72. The van der Waals surface area contributed by atoms with Crippen molar-refractivity contribution in [3.8, 4) is 0 Å². The number of hydrogen-bond donors (Lipinski definition) is 0. The highest BCUT2D eigenvalue weighted by Crippen LogP contribution is 2.39. The molecule has 1 saturated carbocycles. The largest absolute Gasteiger partial charge is 0.0999 e. The summed E-state index contributed by atoms with van der Waals surface area (Å²) < 4.78 is 0. The summed E-state index contributed by atoms with van der Waals surface area (Å²) >= 11 is 0. The summed E-state index contributed by atoms with van der Waals surface area (Å²) in [6.45, 7) is 10.9. The summed E-state index contributed by atoms with van der Waals surface area (Å²) in [5, 5.41) is 0. The second-order valence-electron chi connectivity index (χ2n) is 3.87. The molecule has 0 spiro atoms. The molecule has 0 saturated heterocycles. The van der Waals surface area contributed by atoms with Crippen LogP contribution in [-0.2, 0) is 0 Å². The normalized spacial score (nSPS) is 40.1. The SMILES string of the molecule is C=C(C)[C@H]1CCC(C)[C@H]1C. The van der Waals surface area contributed by atoms with E-state index in [9.17, 15) is 0 Å².